The zero-order valence-corrected chi connectivity index (χ0v) is 60.9. The number of thiophene rings is 5. The number of benzene rings is 2. The second-order valence-electron chi connectivity index (χ2n) is 25.1. The molecule has 0 spiro atoms. The van der Waals surface area contributed by atoms with Crippen LogP contribution in [0.5, 0.6) is 23.0 Å². The third-order valence-electron chi connectivity index (χ3n) is 17.7. The first-order chi connectivity index (χ1) is 39.8. The minimum absolute atomic E-state index is 0.521. The molecule has 0 aliphatic rings. The standard InChI is InChI=1S/C67H94NO4S6.3CH3.Sn/c1-12-22-27-44(17-6)32-33-55-68-56-65(53-37-51-58(70-40-46(19-8)29-24-14-3)61-49(34-35-73-61)57(63(51)75-53)69-39-45(18-7)28-23-13-2)78-66(67(56)77-55)54-38-52-60(72-42-48(21-10)31-26-16-5)62-50(36-43(11)74-62)59(64(52)76-54)71-41-47(20-9)30-25-15-4;;;;/h34,36-38,44-48H,12-33,39-42H2,1-11H3;3*1H3;. The predicted octanol–water partition coefficient (Wildman–Crippen LogP) is 24.9. The summed E-state index contributed by atoms with van der Waals surface area (Å²) in [6.45, 7) is 28.5. The molecule has 6 aromatic heterocycles. The van der Waals surface area contributed by atoms with E-state index in [1.165, 1.54) is 184 Å². The Hall–Kier alpha value is -2.13. The van der Waals surface area contributed by atoms with E-state index < -0.39 is 18.4 Å². The summed E-state index contributed by atoms with van der Waals surface area (Å²) in [7, 11) is 0. The molecule has 0 fully saturated rings. The fourth-order valence-corrected chi connectivity index (χ4v) is 24.3. The van der Waals surface area contributed by atoms with Crippen molar-refractivity contribution >= 4 is 140 Å². The fourth-order valence-electron chi connectivity index (χ4n) is 11.8. The summed E-state index contributed by atoms with van der Waals surface area (Å²) in [5.74, 6) is 7.05. The Morgan fingerprint density at radius 2 is 0.780 bits per heavy atom. The average Bonchev–Trinajstić information content (AvgIpc) is 4.56. The summed E-state index contributed by atoms with van der Waals surface area (Å²) < 4.78 is 37.0. The quantitative estimate of drug-likeness (QED) is 0.0361. The Morgan fingerprint density at radius 1 is 0.402 bits per heavy atom. The van der Waals surface area contributed by atoms with E-state index in [9.17, 15) is 0 Å². The Bertz CT molecular complexity index is 3100. The van der Waals surface area contributed by atoms with E-state index >= 15 is 0 Å². The molecular weight excluding hydrogens is 1230 g/mol. The molecule has 5 nitrogen and oxygen atoms in total. The molecule has 0 N–H and O–H groups in total. The Morgan fingerprint density at radius 3 is 1.20 bits per heavy atom. The van der Waals surface area contributed by atoms with Gasteiger partial charge in [-0.1, -0.05) is 106 Å². The number of unbranched alkanes of at least 4 members (excludes halogenated alkanes) is 5. The van der Waals surface area contributed by atoms with Crippen LogP contribution in [0.1, 0.15) is 214 Å². The zero-order chi connectivity index (χ0) is 58.5. The van der Waals surface area contributed by atoms with E-state index in [0.29, 0.717) is 23.7 Å². The van der Waals surface area contributed by atoms with Crippen LogP contribution in [0.25, 0.3) is 70.1 Å². The number of hydrogen-bond acceptors (Lipinski definition) is 11. The Kier molecular flexibility index (Phi) is 25.4. The average molecular weight is 1330 g/mol. The molecule has 0 bridgehead atoms. The summed E-state index contributed by atoms with van der Waals surface area (Å²) in [4.78, 5) is 19.9. The second kappa shape index (κ2) is 31.7. The summed E-state index contributed by atoms with van der Waals surface area (Å²) >= 11 is 9.09. The van der Waals surface area contributed by atoms with Gasteiger partial charge in [0.2, 0.25) is 0 Å². The molecule has 452 valence electrons. The molecular formula is C70H103NO4S6Sn. The van der Waals surface area contributed by atoms with Crippen LogP contribution in [-0.2, 0) is 6.42 Å². The molecule has 8 aromatic rings. The van der Waals surface area contributed by atoms with Gasteiger partial charge in [0.05, 0.1) is 22.6 Å². The number of hydrogen-bond donors (Lipinski definition) is 0. The molecule has 5 unspecified atom stereocenters. The summed E-state index contributed by atoms with van der Waals surface area (Å²) in [6, 6.07) is 9.91. The van der Waals surface area contributed by atoms with Crippen molar-refractivity contribution in [1.29, 1.82) is 0 Å². The number of fused-ring (bicyclic) bond motifs is 5. The van der Waals surface area contributed by atoms with Crippen molar-refractivity contribution in [3.8, 4) is 42.5 Å². The van der Waals surface area contributed by atoms with Crippen molar-refractivity contribution in [2.75, 3.05) is 26.4 Å². The molecule has 82 heavy (non-hydrogen) atoms. The summed E-state index contributed by atoms with van der Waals surface area (Å²) in [5, 5.41) is 6.15. The molecule has 0 aliphatic carbocycles. The fraction of sp³-hybridized carbons (Fsp3) is 0.643. The number of ether oxygens (including phenoxy) is 4. The first kappa shape index (κ1) is 65.8. The van der Waals surface area contributed by atoms with Gasteiger partial charge in [-0.2, -0.15) is 0 Å². The van der Waals surface area contributed by atoms with E-state index in [2.05, 4.69) is 115 Å². The minimum atomic E-state index is -2.53. The molecule has 0 saturated carbocycles. The topological polar surface area (TPSA) is 49.8 Å². The SMILES string of the molecule is CCCCC(CC)CCc1nc2c(-c3cc4c(OCC(CC)CCCC)c5s[c]([Sn]([CH3])([CH3])[CH3])cc5c(OCC(CC)CCCC)c4s3)sc(-c3cc4c(OCC(CC)CCCC)c5sc(C)cc5c(OCC(CC)CCCC)c4s3)c2s1. The summed E-state index contributed by atoms with van der Waals surface area (Å²) in [5.41, 5.74) is 1.16. The first-order valence-corrected chi connectivity index (χ1v) is 47.6. The zero-order valence-electron chi connectivity index (χ0n) is 53.1. The van der Waals surface area contributed by atoms with Crippen molar-refractivity contribution in [1.82, 2.24) is 4.98 Å². The van der Waals surface area contributed by atoms with Gasteiger partial charge in [0, 0.05) is 15.6 Å². The van der Waals surface area contributed by atoms with Crippen LogP contribution >= 0.6 is 68.0 Å². The third kappa shape index (κ3) is 15.8. The van der Waals surface area contributed by atoms with Crippen molar-refractivity contribution in [3.05, 3.63) is 34.2 Å². The van der Waals surface area contributed by atoms with Gasteiger partial charge in [-0.05, 0) is 50.0 Å². The molecule has 12 heteroatoms. The van der Waals surface area contributed by atoms with Gasteiger partial charge in [-0.25, -0.2) is 0 Å². The van der Waals surface area contributed by atoms with E-state index in [4.69, 9.17) is 23.9 Å². The van der Waals surface area contributed by atoms with E-state index in [1.807, 2.05) is 68.0 Å². The number of rotatable bonds is 38. The third-order valence-corrected chi connectivity index (χ3v) is 34.4. The molecule has 2 aromatic carbocycles. The molecule has 6 heterocycles. The van der Waals surface area contributed by atoms with Gasteiger partial charge in [0.15, 0.2) is 0 Å². The van der Waals surface area contributed by atoms with Crippen LogP contribution in [0.2, 0.25) is 14.8 Å². The van der Waals surface area contributed by atoms with Gasteiger partial charge in [0.1, 0.15) is 11.5 Å². The molecule has 0 saturated heterocycles. The molecule has 0 aliphatic heterocycles. The maximum atomic E-state index is 7.34. The van der Waals surface area contributed by atoms with Crippen LogP contribution < -0.4 is 21.8 Å². The molecule has 0 radical (unpaired) electrons. The number of aromatic nitrogens is 1. The van der Waals surface area contributed by atoms with Gasteiger partial charge in [-0.15, -0.1) is 11.3 Å². The van der Waals surface area contributed by atoms with Gasteiger partial charge >= 0.3 is 302 Å². The monoisotopic (exact) mass is 1330 g/mol. The Labute approximate surface area is 524 Å². The molecule has 8 rings (SSSR count). The normalized spacial score (nSPS) is 14.3. The van der Waals surface area contributed by atoms with Gasteiger partial charge < -0.3 is 9.47 Å². The number of aryl methyl sites for hydroxylation is 2. The van der Waals surface area contributed by atoms with Crippen molar-refractivity contribution in [2.45, 2.75) is 232 Å². The maximum absolute atomic E-state index is 7.34. The van der Waals surface area contributed by atoms with Gasteiger partial charge in [0.25, 0.3) is 0 Å². The van der Waals surface area contributed by atoms with E-state index in [-0.39, 0.29) is 0 Å². The van der Waals surface area contributed by atoms with Crippen LogP contribution in [0.15, 0.2) is 24.3 Å². The van der Waals surface area contributed by atoms with Crippen LogP contribution in [0.3, 0.4) is 0 Å². The predicted molar refractivity (Wildman–Crippen MR) is 374 cm³/mol. The Balaban J connectivity index is 1.36. The number of nitrogens with zero attached hydrogens (tertiary/aromatic N) is 1. The van der Waals surface area contributed by atoms with Crippen molar-refractivity contribution in [2.24, 2.45) is 29.6 Å². The van der Waals surface area contributed by atoms with Crippen molar-refractivity contribution in [3.63, 3.8) is 0 Å². The van der Waals surface area contributed by atoms with Crippen LogP contribution in [0.4, 0.5) is 0 Å². The number of thiazole rings is 1. The van der Waals surface area contributed by atoms with Crippen LogP contribution in [0, 0.1) is 36.5 Å². The molecule has 5 atom stereocenters. The van der Waals surface area contributed by atoms with E-state index in [1.54, 1.807) is 2.89 Å². The molecule has 0 amide bonds. The summed E-state index contributed by atoms with van der Waals surface area (Å²) in [6.07, 6.45) is 26.4. The van der Waals surface area contributed by atoms with Crippen molar-refractivity contribution < 1.29 is 18.9 Å². The second-order valence-corrected chi connectivity index (χ2v) is 47.1. The van der Waals surface area contributed by atoms with E-state index in [0.717, 1.165) is 93.0 Å². The van der Waals surface area contributed by atoms with Crippen LogP contribution in [-0.4, -0.2) is 49.8 Å². The van der Waals surface area contributed by atoms with Gasteiger partial charge in [-0.3, -0.25) is 0 Å². The first-order valence-electron chi connectivity index (χ1n) is 32.7.